The maximum atomic E-state index is 13.7. The number of likely N-dealkylation sites (tertiary alicyclic amines) is 1. The number of ether oxygens (including phenoxy) is 2. The Labute approximate surface area is 218 Å². The molecule has 0 radical (unpaired) electrons. The van der Waals surface area contributed by atoms with E-state index in [1.54, 1.807) is 21.0 Å². The fraction of sp³-hybridized carbons (Fsp3) is 0.704. The number of carbonyl (C=O) groups is 2. The molecule has 0 aromatic heterocycles. The van der Waals surface area contributed by atoms with Crippen LogP contribution in [0.1, 0.15) is 57.1 Å². The molecule has 10 heteroatoms. The molecule has 3 aliphatic carbocycles. The number of amides is 1. The first-order valence-corrected chi connectivity index (χ1v) is 15.4. The van der Waals surface area contributed by atoms with Gasteiger partial charge in [-0.05, 0) is 70.0 Å². The third-order valence-electron chi connectivity index (χ3n) is 9.17. The van der Waals surface area contributed by atoms with Gasteiger partial charge in [0.1, 0.15) is 6.16 Å². The maximum absolute atomic E-state index is 13.7. The summed E-state index contributed by atoms with van der Waals surface area (Å²) in [5.74, 6) is 1.65. The Morgan fingerprint density at radius 1 is 1.22 bits per heavy atom. The van der Waals surface area contributed by atoms with Crippen LogP contribution in [0.15, 0.2) is 12.1 Å². The van der Waals surface area contributed by atoms with E-state index in [0.717, 1.165) is 30.6 Å². The van der Waals surface area contributed by atoms with E-state index in [1.165, 1.54) is 12.8 Å². The van der Waals surface area contributed by atoms with E-state index >= 15 is 0 Å². The first-order chi connectivity index (χ1) is 17.8. The SMILES string of the molecule is CCOP(=O)(CC(=O)N[C@@]12CCC(=O)[C@@H]3Oc4c(OC)ccc5c4[C@@]31CCN(CC1CC1)[C@@H]2C5)OCC. The lowest BCUT2D eigenvalue weighted by molar-refractivity contribution is -0.149. The Morgan fingerprint density at radius 3 is 2.65 bits per heavy atom. The second kappa shape index (κ2) is 9.08. The lowest BCUT2D eigenvalue weighted by Crippen LogP contribution is -2.82. The summed E-state index contributed by atoms with van der Waals surface area (Å²) in [4.78, 5) is 29.7. The molecular formula is C27H37N2O7P. The average molecular weight is 533 g/mol. The van der Waals surface area contributed by atoms with E-state index in [2.05, 4.69) is 16.3 Å². The monoisotopic (exact) mass is 532 g/mol. The van der Waals surface area contributed by atoms with E-state index in [9.17, 15) is 14.2 Å². The number of nitrogens with one attached hydrogen (secondary N) is 1. The van der Waals surface area contributed by atoms with Crippen molar-refractivity contribution in [3.05, 3.63) is 23.3 Å². The van der Waals surface area contributed by atoms with Crippen molar-refractivity contribution >= 4 is 19.3 Å². The van der Waals surface area contributed by atoms with Crippen LogP contribution >= 0.6 is 7.60 Å². The van der Waals surface area contributed by atoms with Crippen LogP contribution in [0.4, 0.5) is 0 Å². The van der Waals surface area contributed by atoms with Gasteiger partial charge in [0.15, 0.2) is 23.4 Å². The molecular weight excluding hydrogens is 495 g/mol. The molecule has 1 saturated heterocycles. The Balaban J connectivity index is 1.46. The molecule has 1 aromatic carbocycles. The van der Waals surface area contributed by atoms with Crippen molar-refractivity contribution in [3.63, 3.8) is 0 Å². The topological polar surface area (TPSA) is 103 Å². The summed E-state index contributed by atoms with van der Waals surface area (Å²) in [6, 6.07) is 4.04. The molecule has 1 N–H and O–H groups in total. The van der Waals surface area contributed by atoms with Crippen LogP contribution in [0.5, 0.6) is 11.5 Å². The number of benzene rings is 1. The van der Waals surface area contributed by atoms with Gasteiger partial charge >= 0.3 is 7.60 Å². The summed E-state index contributed by atoms with van der Waals surface area (Å²) in [6.07, 6.45) is 3.74. The van der Waals surface area contributed by atoms with Crippen molar-refractivity contribution in [3.8, 4) is 11.5 Å². The molecule has 3 fully saturated rings. The van der Waals surface area contributed by atoms with E-state index in [4.69, 9.17) is 18.5 Å². The highest BCUT2D eigenvalue weighted by molar-refractivity contribution is 7.54. The molecule has 2 bridgehead atoms. The van der Waals surface area contributed by atoms with Crippen LogP contribution < -0.4 is 14.8 Å². The van der Waals surface area contributed by atoms with Gasteiger partial charge in [-0.2, -0.15) is 0 Å². The number of piperidine rings is 1. The van der Waals surface area contributed by atoms with Gasteiger partial charge in [0.25, 0.3) is 0 Å². The van der Waals surface area contributed by atoms with Gasteiger partial charge in [0.05, 0.1) is 31.3 Å². The van der Waals surface area contributed by atoms with Crippen molar-refractivity contribution in [2.24, 2.45) is 5.92 Å². The fourth-order valence-electron chi connectivity index (χ4n) is 7.70. The summed E-state index contributed by atoms with van der Waals surface area (Å²) in [5, 5.41) is 3.40. The van der Waals surface area contributed by atoms with Crippen molar-refractivity contribution in [1.29, 1.82) is 0 Å². The molecule has 1 spiro atoms. The van der Waals surface area contributed by atoms with E-state index in [1.807, 2.05) is 6.07 Å². The highest BCUT2D eigenvalue weighted by Gasteiger charge is 2.74. The summed E-state index contributed by atoms with van der Waals surface area (Å²) in [7, 11) is -1.98. The van der Waals surface area contributed by atoms with Crippen molar-refractivity contribution in [2.75, 3.05) is 39.6 Å². The van der Waals surface area contributed by atoms with Crippen LogP contribution in [0.3, 0.4) is 0 Å². The van der Waals surface area contributed by atoms with Crippen LogP contribution in [0.2, 0.25) is 0 Å². The van der Waals surface area contributed by atoms with Gasteiger partial charge in [-0.15, -0.1) is 0 Å². The smallest absolute Gasteiger partial charge is 0.340 e. The summed E-state index contributed by atoms with van der Waals surface area (Å²) < 4.78 is 36.3. The van der Waals surface area contributed by atoms with Crippen LogP contribution in [0.25, 0.3) is 0 Å². The highest BCUT2D eigenvalue weighted by atomic mass is 31.2. The minimum Gasteiger partial charge on any atom is -0.493 e. The highest BCUT2D eigenvalue weighted by Crippen LogP contribution is 2.65. The predicted molar refractivity (Wildman–Crippen MR) is 136 cm³/mol. The summed E-state index contributed by atoms with van der Waals surface area (Å²) >= 11 is 0. The minimum absolute atomic E-state index is 0.00965. The number of ketones is 1. The molecule has 37 heavy (non-hydrogen) atoms. The lowest BCUT2D eigenvalue weighted by Gasteiger charge is -2.65. The van der Waals surface area contributed by atoms with Gasteiger partial charge in [0, 0.05) is 24.6 Å². The fourth-order valence-corrected chi connectivity index (χ4v) is 9.17. The van der Waals surface area contributed by atoms with Gasteiger partial charge in [-0.25, -0.2) is 0 Å². The van der Waals surface area contributed by atoms with Gasteiger partial charge in [-0.3, -0.25) is 19.1 Å². The Kier molecular flexibility index (Phi) is 6.22. The minimum atomic E-state index is -3.59. The number of carbonyl (C=O) groups excluding carboxylic acids is 2. The molecule has 9 nitrogen and oxygen atoms in total. The Bertz CT molecular complexity index is 1160. The van der Waals surface area contributed by atoms with Crippen LogP contribution in [-0.2, 0) is 35.0 Å². The van der Waals surface area contributed by atoms with Gasteiger partial charge < -0.3 is 23.8 Å². The zero-order valence-corrected chi connectivity index (χ0v) is 22.8. The molecule has 1 amide bonds. The van der Waals surface area contributed by atoms with Crippen molar-refractivity contribution in [1.82, 2.24) is 10.2 Å². The molecule has 6 rings (SSSR count). The second-order valence-electron chi connectivity index (χ2n) is 11.1. The number of nitrogens with zero attached hydrogens (tertiary/aromatic N) is 1. The molecule has 5 aliphatic rings. The van der Waals surface area contributed by atoms with Crippen molar-refractivity contribution in [2.45, 2.75) is 75.5 Å². The number of hydrogen-bond acceptors (Lipinski definition) is 8. The number of hydrogen-bond donors (Lipinski definition) is 1. The quantitative estimate of drug-likeness (QED) is 0.459. The van der Waals surface area contributed by atoms with Gasteiger partial charge in [0.2, 0.25) is 5.91 Å². The van der Waals surface area contributed by atoms with E-state index in [-0.39, 0.29) is 37.1 Å². The molecule has 2 heterocycles. The second-order valence-corrected chi connectivity index (χ2v) is 13.2. The molecule has 0 unspecified atom stereocenters. The third-order valence-corrected chi connectivity index (χ3v) is 11.1. The number of Topliss-reactive ketones (excluding diaryl/α,β-unsaturated/α-hetero) is 1. The first-order valence-electron chi connectivity index (χ1n) is 13.6. The van der Waals surface area contributed by atoms with E-state index in [0.29, 0.717) is 36.7 Å². The van der Waals surface area contributed by atoms with Crippen LogP contribution in [0, 0.1) is 5.92 Å². The Hall–Kier alpha value is -1.93. The zero-order valence-electron chi connectivity index (χ0n) is 21.9. The molecule has 2 saturated carbocycles. The molecule has 4 atom stereocenters. The Morgan fingerprint density at radius 2 is 1.97 bits per heavy atom. The maximum Gasteiger partial charge on any atom is 0.340 e. The molecule has 202 valence electrons. The van der Waals surface area contributed by atoms with Crippen molar-refractivity contribution < 1.29 is 32.7 Å². The molecule has 1 aromatic rings. The normalized spacial score (nSPS) is 32.0. The van der Waals surface area contributed by atoms with E-state index < -0.39 is 24.7 Å². The predicted octanol–water partition coefficient (Wildman–Crippen LogP) is 3.22. The third kappa shape index (κ3) is 3.72. The van der Waals surface area contributed by atoms with Gasteiger partial charge in [-0.1, -0.05) is 6.07 Å². The molecule has 2 aliphatic heterocycles. The summed E-state index contributed by atoms with van der Waals surface area (Å²) in [5.41, 5.74) is 0.758. The van der Waals surface area contributed by atoms with Crippen LogP contribution in [-0.4, -0.2) is 73.9 Å². The number of methoxy groups -OCH3 is 1. The zero-order chi connectivity index (χ0) is 26.0. The lowest BCUT2D eigenvalue weighted by atomic mass is 9.47. The summed E-state index contributed by atoms with van der Waals surface area (Å²) in [6.45, 7) is 5.70. The standard InChI is InChI=1S/C27H37N2O7P/c1-4-34-37(32,35-5-2)16-22(31)28-27-11-10-19(30)25-26(27)12-13-29(15-17-6-7-17)21(27)14-18-8-9-20(33-3)24(36-25)23(18)26/h8-9,17,21,25H,4-7,10-16H2,1-3H3,(H,28,31)/t21-,25+,26+,27-/m1/s1. The average Bonchev–Trinajstić information content (AvgIpc) is 3.60. The number of rotatable bonds is 10. The largest absolute Gasteiger partial charge is 0.493 e. The first kappa shape index (κ1) is 25.4.